The van der Waals surface area contributed by atoms with E-state index in [-0.39, 0.29) is 0 Å². The van der Waals surface area contributed by atoms with Crippen LogP contribution in [0.5, 0.6) is 5.88 Å². The van der Waals surface area contributed by atoms with E-state index in [1.54, 1.807) is 0 Å². The number of nitrogens with zero attached hydrogens (tertiary/aromatic N) is 1. The van der Waals surface area contributed by atoms with Crippen LogP contribution in [-0.4, -0.2) is 24.2 Å². The van der Waals surface area contributed by atoms with Gasteiger partial charge in [-0.25, -0.2) is 4.98 Å². The maximum atomic E-state index is 5.70. The Morgan fingerprint density at radius 1 is 1.29 bits per heavy atom. The van der Waals surface area contributed by atoms with Gasteiger partial charge in [0.15, 0.2) is 0 Å². The largest absolute Gasteiger partial charge is 0.472 e. The molecule has 3 nitrogen and oxygen atoms in total. The predicted molar refractivity (Wildman–Crippen MR) is 53.5 cm³/mol. The lowest BCUT2D eigenvalue weighted by molar-refractivity contribution is 0.136. The second-order valence-electron chi connectivity index (χ2n) is 4.01. The van der Waals surface area contributed by atoms with E-state index < -0.39 is 0 Å². The van der Waals surface area contributed by atoms with E-state index in [2.05, 4.69) is 16.4 Å². The number of ether oxygens (including phenoxy) is 1. The van der Waals surface area contributed by atoms with Crippen molar-refractivity contribution in [2.24, 2.45) is 0 Å². The molecule has 0 aromatic carbocycles. The summed E-state index contributed by atoms with van der Waals surface area (Å²) in [5.41, 5.74) is 2.65. The average Bonchev–Trinajstić information content (AvgIpc) is 2.58. The molecule has 1 saturated heterocycles. The monoisotopic (exact) mass is 190 g/mol. The number of aromatic nitrogens is 1. The van der Waals surface area contributed by atoms with Crippen molar-refractivity contribution in [1.82, 2.24) is 10.3 Å². The lowest BCUT2D eigenvalue weighted by Gasteiger charge is -2.27. The van der Waals surface area contributed by atoms with Gasteiger partial charge in [-0.1, -0.05) is 6.07 Å². The number of fused-ring (bicyclic) bond motifs is 1. The van der Waals surface area contributed by atoms with Crippen LogP contribution in [0.2, 0.25) is 0 Å². The lowest BCUT2D eigenvalue weighted by atomic mass is 10.2. The number of aryl methyl sites for hydroxylation is 2. The highest BCUT2D eigenvalue weighted by Crippen LogP contribution is 2.23. The summed E-state index contributed by atoms with van der Waals surface area (Å²) in [5, 5.41) is 3.18. The van der Waals surface area contributed by atoms with Gasteiger partial charge in [0, 0.05) is 24.8 Å². The summed E-state index contributed by atoms with van der Waals surface area (Å²) in [7, 11) is 0. The molecule has 2 heterocycles. The zero-order valence-corrected chi connectivity index (χ0v) is 8.12. The molecule has 1 aliphatic carbocycles. The molecule has 1 N–H and O–H groups in total. The maximum Gasteiger partial charge on any atom is 0.213 e. The number of hydrogen-bond donors (Lipinski definition) is 1. The fourth-order valence-corrected chi connectivity index (χ4v) is 1.98. The molecule has 14 heavy (non-hydrogen) atoms. The van der Waals surface area contributed by atoms with Crippen LogP contribution >= 0.6 is 0 Å². The van der Waals surface area contributed by atoms with Crippen molar-refractivity contribution in [2.45, 2.75) is 25.4 Å². The zero-order valence-electron chi connectivity index (χ0n) is 8.12. The second kappa shape index (κ2) is 3.24. The minimum Gasteiger partial charge on any atom is -0.472 e. The van der Waals surface area contributed by atoms with Crippen LogP contribution in [0.3, 0.4) is 0 Å². The first-order chi connectivity index (χ1) is 6.92. The lowest BCUT2D eigenvalue weighted by Crippen LogP contribution is -2.50. The molecule has 2 aliphatic rings. The highest BCUT2D eigenvalue weighted by atomic mass is 16.5. The van der Waals surface area contributed by atoms with E-state index in [1.807, 2.05) is 6.07 Å². The molecule has 0 spiro atoms. The zero-order chi connectivity index (χ0) is 9.38. The van der Waals surface area contributed by atoms with Gasteiger partial charge in [-0.15, -0.1) is 0 Å². The Hall–Kier alpha value is -1.09. The molecule has 3 heteroatoms. The van der Waals surface area contributed by atoms with Crippen LogP contribution in [0.1, 0.15) is 17.7 Å². The van der Waals surface area contributed by atoms with Crippen LogP contribution in [0.4, 0.5) is 0 Å². The van der Waals surface area contributed by atoms with Gasteiger partial charge >= 0.3 is 0 Å². The van der Waals surface area contributed by atoms with Crippen molar-refractivity contribution in [3.8, 4) is 5.88 Å². The molecular formula is C11H14N2O. The molecule has 0 atom stereocenters. The summed E-state index contributed by atoms with van der Waals surface area (Å²) in [4.78, 5) is 4.53. The van der Waals surface area contributed by atoms with Gasteiger partial charge in [0.2, 0.25) is 5.88 Å². The average molecular weight is 190 g/mol. The molecule has 0 amide bonds. The van der Waals surface area contributed by atoms with Gasteiger partial charge in [0.1, 0.15) is 6.10 Å². The van der Waals surface area contributed by atoms with E-state index in [4.69, 9.17) is 4.74 Å². The highest BCUT2D eigenvalue weighted by Gasteiger charge is 2.20. The van der Waals surface area contributed by atoms with Gasteiger partial charge in [0.05, 0.1) is 0 Å². The Labute approximate surface area is 83.5 Å². The van der Waals surface area contributed by atoms with Crippen LogP contribution in [0.25, 0.3) is 0 Å². The van der Waals surface area contributed by atoms with Crippen LogP contribution in [0, 0.1) is 0 Å². The minimum atomic E-state index is 0.335. The Morgan fingerprint density at radius 3 is 3.00 bits per heavy atom. The summed E-state index contributed by atoms with van der Waals surface area (Å²) in [6.07, 6.45) is 3.89. The second-order valence-corrected chi connectivity index (χ2v) is 4.01. The Kier molecular flexibility index (Phi) is 1.91. The standard InChI is InChI=1S/C11H14N2O/c1-2-8-4-5-11(13-10(8)3-1)14-9-6-12-7-9/h4-5,9,12H,1-3,6-7H2. The number of hydrogen-bond acceptors (Lipinski definition) is 3. The summed E-state index contributed by atoms with van der Waals surface area (Å²) in [5.74, 6) is 0.803. The summed E-state index contributed by atoms with van der Waals surface area (Å²) < 4.78 is 5.70. The topological polar surface area (TPSA) is 34.1 Å². The molecular weight excluding hydrogens is 176 g/mol. The molecule has 1 aromatic heterocycles. The molecule has 1 aliphatic heterocycles. The number of pyridine rings is 1. The fraction of sp³-hybridized carbons (Fsp3) is 0.545. The van der Waals surface area contributed by atoms with E-state index in [0.717, 1.165) is 25.4 Å². The van der Waals surface area contributed by atoms with Crippen LogP contribution in [0.15, 0.2) is 12.1 Å². The molecule has 0 unspecified atom stereocenters. The number of nitrogens with one attached hydrogen (secondary N) is 1. The number of rotatable bonds is 2. The van der Waals surface area contributed by atoms with Crippen LogP contribution in [-0.2, 0) is 12.8 Å². The predicted octanol–water partition coefficient (Wildman–Crippen LogP) is 0.921. The van der Waals surface area contributed by atoms with Crippen molar-refractivity contribution >= 4 is 0 Å². The third kappa shape index (κ3) is 1.38. The minimum absolute atomic E-state index is 0.335. The summed E-state index contributed by atoms with van der Waals surface area (Å²) in [6, 6.07) is 4.17. The first kappa shape index (κ1) is 8.24. The molecule has 1 aromatic rings. The van der Waals surface area contributed by atoms with Gasteiger partial charge in [-0.05, 0) is 24.8 Å². The first-order valence-electron chi connectivity index (χ1n) is 5.28. The maximum absolute atomic E-state index is 5.70. The molecule has 0 saturated carbocycles. The highest BCUT2D eigenvalue weighted by molar-refractivity contribution is 5.29. The fourth-order valence-electron chi connectivity index (χ4n) is 1.98. The Morgan fingerprint density at radius 2 is 2.21 bits per heavy atom. The van der Waals surface area contributed by atoms with Crippen LogP contribution < -0.4 is 10.1 Å². The normalized spacial score (nSPS) is 20.3. The van der Waals surface area contributed by atoms with E-state index in [9.17, 15) is 0 Å². The van der Waals surface area contributed by atoms with Gasteiger partial charge in [-0.2, -0.15) is 0 Å². The third-order valence-electron chi connectivity index (χ3n) is 2.93. The first-order valence-corrected chi connectivity index (χ1v) is 5.28. The molecule has 0 radical (unpaired) electrons. The quantitative estimate of drug-likeness (QED) is 0.753. The molecule has 1 fully saturated rings. The van der Waals surface area contributed by atoms with Crippen molar-refractivity contribution in [3.05, 3.63) is 23.4 Å². The van der Waals surface area contributed by atoms with E-state index in [1.165, 1.54) is 24.1 Å². The third-order valence-corrected chi connectivity index (χ3v) is 2.93. The molecule has 74 valence electrons. The van der Waals surface area contributed by atoms with Crippen molar-refractivity contribution in [3.63, 3.8) is 0 Å². The Balaban J connectivity index is 1.78. The van der Waals surface area contributed by atoms with Gasteiger partial charge < -0.3 is 10.1 Å². The van der Waals surface area contributed by atoms with Crippen molar-refractivity contribution in [2.75, 3.05) is 13.1 Å². The van der Waals surface area contributed by atoms with E-state index >= 15 is 0 Å². The van der Waals surface area contributed by atoms with Gasteiger partial charge in [0.25, 0.3) is 0 Å². The van der Waals surface area contributed by atoms with Crippen molar-refractivity contribution in [1.29, 1.82) is 0 Å². The summed E-state index contributed by atoms with van der Waals surface area (Å²) in [6.45, 7) is 1.91. The molecule has 3 rings (SSSR count). The van der Waals surface area contributed by atoms with Crippen molar-refractivity contribution < 1.29 is 4.74 Å². The smallest absolute Gasteiger partial charge is 0.213 e. The SMILES string of the molecule is c1cc2c(nc1OC1CNC1)CCC2. The summed E-state index contributed by atoms with van der Waals surface area (Å²) >= 11 is 0. The van der Waals surface area contributed by atoms with E-state index in [0.29, 0.717) is 6.10 Å². The molecule has 0 bridgehead atoms. The van der Waals surface area contributed by atoms with Gasteiger partial charge in [-0.3, -0.25) is 0 Å². The Bertz CT molecular complexity index is 347.